The molecule has 0 spiro atoms. The third kappa shape index (κ3) is 2.86. The normalized spacial score (nSPS) is 23.1. The minimum atomic E-state index is 0.362. The fourth-order valence-electron chi connectivity index (χ4n) is 3.18. The van der Waals surface area contributed by atoms with Crippen molar-refractivity contribution in [1.29, 1.82) is 0 Å². The fourth-order valence-corrected chi connectivity index (χ4v) is 3.18. The number of benzene rings is 1. The molecule has 1 atom stereocenters. The van der Waals surface area contributed by atoms with Crippen LogP contribution < -0.4 is 10.6 Å². The molecule has 2 rings (SSSR count). The number of nitrogens with two attached hydrogens (primary N) is 1. The molecule has 0 saturated carbocycles. The standard InChI is InChI=1S/C16H26N2/c1-13-5-4-6-15(11-13)18-10-8-14(7-9-17)16(2,3)12-18/h4-6,11,14H,7-10,12,17H2,1-3H3. The maximum Gasteiger partial charge on any atom is 0.0369 e. The van der Waals surface area contributed by atoms with Crippen LogP contribution in [0.4, 0.5) is 5.69 Å². The second kappa shape index (κ2) is 5.31. The highest BCUT2D eigenvalue weighted by molar-refractivity contribution is 5.49. The predicted octanol–water partition coefficient (Wildman–Crippen LogP) is 3.20. The highest BCUT2D eigenvalue weighted by Gasteiger charge is 2.35. The number of nitrogens with zero attached hydrogens (tertiary/aromatic N) is 1. The molecule has 0 aromatic heterocycles. The summed E-state index contributed by atoms with van der Waals surface area (Å²) in [6.07, 6.45) is 2.42. The van der Waals surface area contributed by atoms with Crippen LogP contribution in [0.3, 0.4) is 0 Å². The first kappa shape index (κ1) is 13.4. The van der Waals surface area contributed by atoms with E-state index in [1.807, 2.05) is 0 Å². The number of rotatable bonds is 3. The van der Waals surface area contributed by atoms with Crippen LogP contribution in [0.15, 0.2) is 24.3 Å². The van der Waals surface area contributed by atoms with Crippen LogP contribution in [0.1, 0.15) is 32.3 Å². The summed E-state index contributed by atoms with van der Waals surface area (Å²) >= 11 is 0. The van der Waals surface area contributed by atoms with Crippen LogP contribution in [-0.4, -0.2) is 19.6 Å². The van der Waals surface area contributed by atoms with Crippen molar-refractivity contribution in [3.05, 3.63) is 29.8 Å². The Balaban J connectivity index is 2.11. The van der Waals surface area contributed by atoms with Crippen LogP contribution in [-0.2, 0) is 0 Å². The molecule has 0 bridgehead atoms. The lowest BCUT2D eigenvalue weighted by molar-refractivity contribution is 0.167. The van der Waals surface area contributed by atoms with Gasteiger partial charge in [-0.15, -0.1) is 0 Å². The Kier molecular flexibility index (Phi) is 3.96. The van der Waals surface area contributed by atoms with Crippen LogP contribution in [0.5, 0.6) is 0 Å². The molecule has 18 heavy (non-hydrogen) atoms. The van der Waals surface area contributed by atoms with Gasteiger partial charge in [-0.25, -0.2) is 0 Å². The van der Waals surface area contributed by atoms with Gasteiger partial charge in [0.2, 0.25) is 0 Å². The molecule has 1 unspecified atom stereocenters. The molecule has 1 aliphatic heterocycles. The maximum atomic E-state index is 5.73. The van der Waals surface area contributed by atoms with E-state index in [1.165, 1.54) is 17.7 Å². The molecule has 0 aliphatic carbocycles. The van der Waals surface area contributed by atoms with Gasteiger partial charge >= 0.3 is 0 Å². The van der Waals surface area contributed by atoms with Gasteiger partial charge in [0.25, 0.3) is 0 Å². The van der Waals surface area contributed by atoms with Gasteiger partial charge in [-0.2, -0.15) is 0 Å². The van der Waals surface area contributed by atoms with E-state index in [4.69, 9.17) is 5.73 Å². The van der Waals surface area contributed by atoms with Gasteiger partial charge in [-0.3, -0.25) is 0 Å². The molecule has 1 aromatic rings. The number of piperidine rings is 1. The molecule has 0 radical (unpaired) electrons. The molecule has 1 aromatic carbocycles. The lowest BCUT2D eigenvalue weighted by atomic mass is 9.72. The first-order valence-electron chi connectivity index (χ1n) is 7.04. The number of aryl methyl sites for hydroxylation is 1. The van der Waals surface area contributed by atoms with Gasteiger partial charge in [0.15, 0.2) is 0 Å². The zero-order valence-electron chi connectivity index (χ0n) is 11.9. The molecule has 1 heterocycles. The third-order valence-corrected chi connectivity index (χ3v) is 4.33. The van der Waals surface area contributed by atoms with Gasteiger partial charge in [-0.05, 0) is 55.3 Å². The first-order valence-corrected chi connectivity index (χ1v) is 7.04. The van der Waals surface area contributed by atoms with E-state index in [-0.39, 0.29) is 0 Å². The third-order valence-electron chi connectivity index (χ3n) is 4.33. The Hall–Kier alpha value is -1.02. The first-order chi connectivity index (χ1) is 8.53. The lowest BCUT2D eigenvalue weighted by Crippen LogP contribution is -2.46. The summed E-state index contributed by atoms with van der Waals surface area (Å²) in [7, 11) is 0. The Labute approximate surface area is 111 Å². The summed E-state index contributed by atoms with van der Waals surface area (Å²) in [5, 5.41) is 0. The Morgan fingerprint density at radius 2 is 2.17 bits per heavy atom. The molecule has 1 fully saturated rings. The second-order valence-electron chi connectivity index (χ2n) is 6.31. The summed E-state index contributed by atoms with van der Waals surface area (Å²) in [6, 6.07) is 8.84. The van der Waals surface area contributed by atoms with E-state index in [1.54, 1.807) is 0 Å². The molecule has 0 amide bonds. The molecule has 2 heteroatoms. The topological polar surface area (TPSA) is 29.3 Å². The molecule has 2 N–H and O–H groups in total. The minimum absolute atomic E-state index is 0.362. The van der Waals surface area contributed by atoms with Gasteiger partial charge < -0.3 is 10.6 Å². The van der Waals surface area contributed by atoms with E-state index >= 15 is 0 Å². The van der Waals surface area contributed by atoms with Crippen LogP contribution in [0.2, 0.25) is 0 Å². The van der Waals surface area contributed by atoms with Crippen molar-refractivity contribution in [2.45, 2.75) is 33.6 Å². The van der Waals surface area contributed by atoms with Crippen molar-refractivity contribution < 1.29 is 0 Å². The van der Waals surface area contributed by atoms with E-state index in [0.29, 0.717) is 5.41 Å². The maximum absolute atomic E-state index is 5.73. The van der Waals surface area contributed by atoms with Crippen molar-refractivity contribution in [3.63, 3.8) is 0 Å². The van der Waals surface area contributed by atoms with Crippen LogP contribution >= 0.6 is 0 Å². The highest BCUT2D eigenvalue weighted by atomic mass is 15.1. The summed E-state index contributed by atoms with van der Waals surface area (Å²) in [5.74, 6) is 0.767. The second-order valence-corrected chi connectivity index (χ2v) is 6.31. The smallest absolute Gasteiger partial charge is 0.0369 e. The molecular weight excluding hydrogens is 220 g/mol. The Morgan fingerprint density at radius 1 is 1.39 bits per heavy atom. The van der Waals surface area contributed by atoms with Crippen molar-refractivity contribution in [2.75, 3.05) is 24.5 Å². The SMILES string of the molecule is Cc1cccc(N2CCC(CCN)C(C)(C)C2)c1. The molecule has 100 valence electrons. The van der Waals surface area contributed by atoms with E-state index in [9.17, 15) is 0 Å². The van der Waals surface area contributed by atoms with Crippen molar-refractivity contribution in [2.24, 2.45) is 17.1 Å². The highest BCUT2D eigenvalue weighted by Crippen LogP contribution is 2.38. The molecular formula is C16H26N2. The zero-order chi connectivity index (χ0) is 13.2. The van der Waals surface area contributed by atoms with E-state index in [2.05, 4.69) is 49.9 Å². The lowest BCUT2D eigenvalue weighted by Gasteiger charge is -2.45. The fraction of sp³-hybridized carbons (Fsp3) is 0.625. The monoisotopic (exact) mass is 246 g/mol. The number of hydrogen-bond acceptors (Lipinski definition) is 2. The zero-order valence-corrected chi connectivity index (χ0v) is 11.9. The van der Waals surface area contributed by atoms with Gasteiger partial charge in [0.05, 0.1) is 0 Å². The van der Waals surface area contributed by atoms with Crippen molar-refractivity contribution in [1.82, 2.24) is 0 Å². The van der Waals surface area contributed by atoms with Crippen LogP contribution in [0.25, 0.3) is 0 Å². The summed E-state index contributed by atoms with van der Waals surface area (Å²) in [4.78, 5) is 2.53. The average molecular weight is 246 g/mol. The van der Waals surface area contributed by atoms with Gasteiger partial charge in [-0.1, -0.05) is 26.0 Å². The van der Waals surface area contributed by atoms with Crippen molar-refractivity contribution in [3.8, 4) is 0 Å². The predicted molar refractivity (Wildman–Crippen MR) is 79.0 cm³/mol. The molecule has 1 saturated heterocycles. The van der Waals surface area contributed by atoms with Crippen LogP contribution in [0, 0.1) is 18.3 Å². The number of anilines is 1. The molecule has 1 aliphatic rings. The Bertz CT molecular complexity index is 398. The van der Waals surface area contributed by atoms with Gasteiger partial charge in [0, 0.05) is 18.8 Å². The van der Waals surface area contributed by atoms with Crippen molar-refractivity contribution >= 4 is 5.69 Å². The summed E-state index contributed by atoms with van der Waals surface area (Å²) < 4.78 is 0. The summed E-state index contributed by atoms with van der Waals surface area (Å²) in [6.45, 7) is 10.1. The van der Waals surface area contributed by atoms with Gasteiger partial charge in [0.1, 0.15) is 0 Å². The number of hydrogen-bond donors (Lipinski definition) is 1. The molecule has 2 nitrogen and oxygen atoms in total. The largest absolute Gasteiger partial charge is 0.371 e. The van der Waals surface area contributed by atoms with E-state index in [0.717, 1.165) is 32.0 Å². The minimum Gasteiger partial charge on any atom is -0.371 e. The quantitative estimate of drug-likeness (QED) is 0.887. The average Bonchev–Trinajstić information content (AvgIpc) is 2.31. The van der Waals surface area contributed by atoms with E-state index < -0.39 is 0 Å². The Morgan fingerprint density at radius 3 is 2.78 bits per heavy atom. The summed E-state index contributed by atoms with van der Waals surface area (Å²) in [5.41, 5.74) is 8.81.